The summed E-state index contributed by atoms with van der Waals surface area (Å²) >= 11 is 1.21. The molecular formula is C9H10N6O2S. The molecule has 0 aliphatic rings. The van der Waals surface area contributed by atoms with E-state index in [0.717, 1.165) is 0 Å². The molecule has 9 heteroatoms. The van der Waals surface area contributed by atoms with Gasteiger partial charge in [0.25, 0.3) is 0 Å². The number of nitrogen functional groups attached to an aromatic ring is 1. The molecule has 0 amide bonds. The molecule has 0 saturated heterocycles. The van der Waals surface area contributed by atoms with Gasteiger partial charge in [-0.2, -0.15) is 0 Å². The van der Waals surface area contributed by atoms with Crippen molar-refractivity contribution in [2.45, 2.75) is 10.1 Å². The van der Waals surface area contributed by atoms with Crippen molar-refractivity contribution >= 4 is 23.5 Å². The van der Waals surface area contributed by atoms with Gasteiger partial charge < -0.3 is 10.5 Å². The van der Waals surface area contributed by atoms with E-state index in [9.17, 15) is 4.79 Å². The zero-order valence-electron chi connectivity index (χ0n) is 9.69. The second kappa shape index (κ2) is 5.00. The van der Waals surface area contributed by atoms with Crippen LogP contribution in [0.15, 0.2) is 22.3 Å². The van der Waals surface area contributed by atoms with Gasteiger partial charge in [-0.1, -0.05) is 0 Å². The molecule has 2 heterocycles. The molecule has 0 aliphatic heterocycles. The number of ether oxygens (including phenoxy) is 1. The lowest BCUT2D eigenvalue weighted by molar-refractivity contribution is 0.0596. The fourth-order valence-corrected chi connectivity index (χ4v) is 2.02. The molecule has 0 aromatic carbocycles. The predicted octanol–water partition coefficient (Wildman–Crippen LogP) is 0.125. The van der Waals surface area contributed by atoms with Crippen molar-refractivity contribution in [3.63, 3.8) is 0 Å². The molecule has 0 unspecified atom stereocenters. The fraction of sp³-hybridized carbons (Fsp3) is 0.222. The lowest BCUT2D eigenvalue weighted by atomic mass is 10.2. The molecule has 0 radical (unpaired) electrons. The molecular weight excluding hydrogens is 256 g/mol. The number of aryl methyl sites for hydroxylation is 1. The smallest absolute Gasteiger partial charge is 0.339 e. The zero-order chi connectivity index (χ0) is 13.1. The molecule has 0 saturated carbocycles. The molecule has 0 aliphatic carbocycles. The van der Waals surface area contributed by atoms with Gasteiger partial charge in [-0.05, 0) is 28.3 Å². The van der Waals surface area contributed by atoms with Crippen molar-refractivity contribution in [2.24, 2.45) is 7.05 Å². The van der Waals surface area contributed by atoms with Crippen molar-refractivity contribution in [2.75, 3.05) is 12.8 Å². The number of esters is 1. The van der Waals surface area contributed by atoms with Gasteiger partial charge >= 0.3 is 5.97 Å². The number of methoxy groups -OCH3 is 1. The normalized spacial score (nSPS) is 10.3. The first-order valence-corrected chi connectivity index (χ1v) is 5.67. The number of hydrogen-bond acceptors (Lipinski definition) is 8. The first kappa shape index (κ1) is 12.3. The van der Waals surface area contributed by atoms with Crippen molar-refractivity contribution in [1.29, 1.82) is 0 Å². The van der Waals surface area contributed by atoms with Crippen molar-refractivity contribution in [1.82, 2.24) is 25.2 Å². The van der Waals surface area contributed by atoms with E-state index in [1.165, 1.54) is 35.8 Å². The van der Waals surface area contributed by atoms with Gasteiger partial charge in [0.05, 0.1) is 12.7 Å². The van der Waals surface area contributed by atoms with E-state index in [0.29, 0.717) is 15.6 Å². The van der Waals surface area contributed by atoms with Crippen LogP contribution in [0.5, 0.6) is 0 Å². The third-order valence-electron chi connectivity index (χ3n) is 2.08. The average molecular weight is 266 g/mol. The Morgan fingerprint density at radius 1 is 1.56 bits per heavy atom. The molecule has 2 rings (SSSR count). The third-order valence-corrected chi connectivity index (χ3v) is 3.15. The summed E-state index contributed by atoms with van der Waals surface area (Å²) in [5.41, 5.74) is 5.88. The first-order valence-electron chi connectivity index (χ1n) is 4.86. The van der Waals surface area contributed by atoms with Crippen LogP contribution in [0.3, 0.4) is 0 Å². The van der Waals surface area contributed by atoms with Gasteiger partial charge in [0.15, 0.2) is 0 Å². The van der Waals surface area contributed by atoms with Gasteiger partial charge in [-0.3, -0.25) is 0 Å². The number of aromatic nitrogens is 5. The molecule has 0 bridgehead atoms. The van der Waals surface area contributed by atoms with E-state index >= 15 is 0 Å². The Morgan fingerprint density at radius 3 is 2.94 bits per heavy atom. The average Bonchev–Trinajstić information content (AvgIpc) is 2.76. The Morgan fingerprint density at radius 2 is 2.33 bits per heavy atom. The highest BCUT2D eigenvalue weighted by Gasteiger charge is 2.16. The minimum atomic E-state index is -0.485. The Balaban J connectivity index is 2.38. The van der Waals surface area contributed by atoms with Crippen LogP contribution in [0, 0.1) is 0 Å². The first-order chi connectivity index (χ1) is 8.61. The second-order valence-electron chi connectivity index (χ2n) is 3.28. The summed E-state index contributed by atoms with van der Waals surface area (Å²) in [6, 6.07) is 1.46. The summed E-state index contributed by atoms with van der Waals surface area (Å²) in [7, 11) is 3.00. The molecule has 2 aromatic rings. The van der Waals surface area contributed by atoms with E-state index in [4.69, 9.17) is 5.73 Å². The topological polar surface area (TPSA) is 109 Å². The molecule has 0 atom stereocenters. The van der Waals surface area contributed by atoms with Gasteiger partial charge in [0.2, 0.25) is 5.16 Å². The lowest BCUT2D eigenvalue weighted by Crippen LogP contribution is -2.06. The predicted molar refractivity (Wildman–Crippen MR) is 62.9 cm³/mol. The van der Waals surface area contributed by atoms with Crippen molar-refractivity contribution in [3.05, 3.63) is 17.8 Å². The summed E-state index contributed by atoms with van der Waals surface area (Å²) in [6.07, 6.45) is 1.49. The maximum absolute atomic E-state index is 11.6. The van der Waals surface area contributed by atoms with E-state index in [2.05, 4.69) is 25.2 Å². The molecule has 8 nitrogen and oxygen atoms in total. The number of rotatable bonds is 3. The largest absolute Gasteiger partial charge is 0.465 e. The number of carbonyl (C=O) groups is 1. The Bertz CT molecular complexity index is 584. The molecule has 2 aromatic heterocycles. The summed E-state index contributed by atoms with van der Waals surface area (Å²) < 4.78 is 6.18. The zero-order valence-corrected chi connectivity index (χ0v) is 10.5. The van der Waals surface area contributed by atoms with Gasteiger partial charge in [0.1, 0.15) is 5.82 Å². The number of pyridine rings is 1. The molecule has 94 valence electrons. The number of anilines is 1. The minimum Gasteiger partial charge on any atom is -0.465 e. The fourth-order valence-electron chi connectivity index (χ4n) is 1.22. The maximum atomic E-state index is 11.6. The van der Waals surface area contributed by atoms with Crippen molar-refractivity contribution < 1.29 is 9.53 Å². The lowest BCUT2D eigenvalue weighted by Gasteiger charge is -2.06. The van der Waals surface area contributed by atoms with E-state index in [-0.39, 0.29) is 5.82 Å². The van der Waals surface area contributed by atoms with Crippen LogP contribution < -0.4 is 5.73 Å². The number of hydrogen-bond donors (Lipinski definition) is 1. The van der Waals surface area contributed by atoms with E-state index in [1.807, 2.05) is 0 Å². The highest BCUT2D eigenvalue weighted by atomic mass is 32.2. The SMILES string of the molecule is COC(=O)c1cc(N)ncc1Sc1nnnn1C. The summed E-state index contributed by atoms with van der Waals surface area (Å²) in [5.74, 6) is -0.238. The Labute approximate surface area is 107 Å². The second-order valence-corrected chi connectivity index (χ2v) is 4.29. The standard InChI is InChI=1S/C9H10N6O2S/c1-15-9(12-13-14-15)18-6-4-11-7(10)3-5(6)8(16)17-2/h3-4H,1-2H3,(H2,10,11). The highest BCUT2D eigenvalue weighted by Crippen LogP contribution is 2.28. The number of nitrogens with two attached hydrogens (primary N) is 1. The summed E-state index contributed by atoms with van der Waals surface area (Å²) in [4.78, 5) is 16.1. The monoisotopic (exact) mass is 266 g/mol. The van der Waals surface area contributed by atoms with Gasteiger partial charge in [-0.25, -0.2) is 14.5 Å². The molecule has 0 fully saturated rings. The van der Waals surface area contributed by atoms with Crippen molar-refractivity contribution in [3.8, 4) is 0 Å². The summed E-state index contributed by atoms with van der Waals surface area (Å²) in [5, 5.41) is 11.6. The van der Waals surface area contributed by atoms with Crippen LogP contribution in [0.25, 0.3) is 0 Å². The van der Waals surface area contributed by atoms with Gasteiger partial charge in [0, 0.05) is 18.1 Å². The maximum Gasteiger partial charge on any atom is 0.339 e. The quantitative estimate of drug-likeness (QED) is 0.780. The van der Waals surface area contributed by atoms with Crippen LogP contribution in [-0.4, -0.2) is 38.3 Å². The summed E-state index contributed by atoms with van der Waals surface area (Å²) in [6.45, 7) is 0. The Kier molecular flexibility index (Phi) is 3.42. The number of nitrogens with zero attached hydrogens (tertiary/aromatic N) is 5. The molecule has 18 heavy (non-hydrogen) atoms. The number of tetrazole rings is 1. The minimum absolute atomic E-state index is 0.246. The van der Waals surface area contributed by atoms with E-state index in [1.54, 1.807) is 7.05 Å². The van der Waals surface area contributed by atoms with Crippen LogP contribution in [0.2, 0.25) is 0 Å². The van der Waals surface area contributed by atoms with E-state index < -0.39 is 5.97 Å². The van der Waals surface area contributed by atoms with Gasteiger partial charge in [-0.15, -0.1) is 5.10 Å². The Hall–Kier alpha value is -2.16. The third kappa shape index (κ3) is 2.40. The molecule has 0 spiro atoms. The van der Waals surface area contributed by atoms with Crippen LogP contribution >= 0.6 is 11.8 Å². The highest BCUT2D eigenvalue weighted by molar-refractivity contribution is 7.99. The van der Waals surface area contributed by atoms with Crippen LogP contribution in [0.4, 0.5) is 5.82 Å². The van der Waals surface area contributed by atoms with Crippen LogP contribution in [0.1, 0.15) is 10.4 Å². The number of carbonyl (C=O) groups excluding carboxylic acids is 1. The molecule has 2 N–H and O–H groups in total. The van der Waals surface area contributed by atoms with Crippen LogP contribution in [-0.2, 0) is 11.8 Å².